The molecule has 44 heavy (non-hydrogen) atoms. The molecule has 8 nitrogen and oxygen atoms in total. The third-order valence-corrected chi connectivity index (χ3v) is 9.35. The fourth-order valence-corrected chi connectivity index (χ4v) is 6.55. The van der Waals surface area contributed by atoms with Crippen molar-refractivity contribution in [1.82, 2.24) is 15.5 Å². The first-order valence-electron chi connectivity index (χ1n) is 14.9. The standard InChI is InChI=1S/C35H41N3O5S/c1-24-13-10-11-18-27(24)22-36-33(42)32-35(2,3)44-23-38(32)34(43)31(41)28(21-25-14-6-4-7-15-25)37-30(40)20-12-19-29(39)26-16-8-5-9-17-26/h4-11,13-18,28,31-32,41H,12,19-23H2,1-3H3,(H,36,42)(H,37,40)/t28-,31-,32+/m0/s1. The fourth-order valence-electron chi connectivity index (χ4n) is 5.41. The molecule has 0 radical (unpaired) electrons. The maximum absolute atomic E-state index is 13.8. The second kappa shape index (κ2) is 15.2. The molecule has 1 aliphatic rings. The minimum Gasteiger partial charge on any atom is -0.381 e. The molecule has 0 unspecified atom stereocenters. The van der Waals surface area contributed by atoms with E-state index in [1.807, 2.05) is 81.4 Å². The summed E-state index contributed by atoms with van der Waals surface area (Å²) in [5.74, 6) is -1.08. The number of ketones is 1. The van der Waals surface area contributed by atoms with Gasteiger partial charge in [0.05, 0.1) is 11.9 Å². The molecule has 9 heteroatoms. The van der Waals surface area contributed by atoms with E-state index in [1.165, 1.54) is 16.7 Å². The Morgan fingerprint density at radius 2 is 1.57 bits per heavy atom. The number of nitrogens with one attached hydrogen (secondary N) is 2. The number of thioether (sulfide) groups is 1. The summed E-state index contributed by atoms with van der Waals surface area (Å²) in [7, 11) is 0. The van der Waals surface area contributed by atoms with Crippen LogP contribution in [-0.4, -0.2) is 62.3 Å². The molecular weight excluding hydrogens is 574 g/mol. The van der Waals surface area contributed by atoms with Gasteiger partial charge in [0.15, 0.2) is 11.9 Å². The lowest BCUT2D eigenvalue weighted by molar-refractivity contribution is -0.147. The summed E-state index contributed by atoms with van der Waals surface area (Å²) >= 11 is 1.47. The van der Waals surface area contributed by atoms with E-state index in [1.54, 1.807) is 24.3 Å². The smallest absolute Gasteiger partial charge is 0.254 e. The van der Waals surface area contributed by atoms with Gasteiger partial charge < -0.3 is 20.6 Å². The molecular formula is C35H41N3O5S. The molecule has 3 aromatic carbocycles. The number of aliphatic hydroxyl groups excluding tert-OH is 1. The molecule has 1 saturated heterocycles. The molecule has 1 fully saturated rings. The molecule has 3 amide bonds. The van der Waals surface area contributed by atoms with E-state index in [-0.39, 0.29) is 42.7 Å². The number of carbonyl (C=O) groups is 4. The zero-order chi connectivity index (χ0) is 31.7. The van der Waals surface area contributed by atoms with Gasteiger partial charge in [0.1, 0.15) is 6.04 Å². The number of nitrogens with zero attached hydrogens (tertiary/aromatic N) is 1. The Kier molecular flexibility index (Phi) is 11.4. The summed E-state index contributed by atoms with van der Waals surface area (Å²) in [4.78, 5) is 54.2. The molecule has 0 spiro atoms. The third kappa shape index (κ3) is 8.57. The Morgan fingerprint density at radius 1 is 0.932 bits per heavy atom. The molecule has 1 aliphatic heterocycles. The Labute approximate surface area is 263 Å². The molecule has 0 bridgehead atoms. The van der Waals surface area contributed by atoms with Gasteiger partial charge in [0, 0.05) is 29.7 Å². The van der Waals surface area contributed by atoms with Crippen LogP contribution in [0, 0.1) is 6.92 Å². The van der Waals surface area contributed by atoms with Crippen molar-refractivity contribution < 1.29 is 24.3 Å². The number of hydrogen-bond acceptors (Lipinski definition) is 6. The van der Waals surface area contributed by atoms with Crippen LogP contribution in [0.25, 0.3) is 0 Å². The van der Waals surface area contributed by atoms with Gasteiger partial charge >= 0.3 is 0 Å². The van der Waals surface area contributed by atoms with Crippen molar-refractivity contribution in [3.8, 4) is 0 Å². The third-order valence-electron chi connectivity index (χ3n) is 7.97. The van der Waals surface area contributed by atoms with Crippen molar-refractivity contribution in [2.45, 2.75) is 75.9 Å². The van der Waals surface area contributed by atoms with Gasteiger partial charge in [-0.25, -0.2) is 0 Å². The lowest BCUT2D eigenvalue weighted by Gasteiger charge is -2.33. The van der Waals surface area contributed by atoms with Crippen LogP contribution in [0.15, 0.2) is 84.9 Å². The topological polar surface area (TPSA) is 116 Å². The second-order valence-corrected chi connectivity index (χ2v) is 13.3. The number of Topliss-reactive ketones (excluding diaryl/α,β-unsaturated/α-hetero) is 1. The molecule has 3 aromatic rings. The zero-order valence-corrected chi connectivity index (χ0v) is 26.3. The van der Waals surface area contributed by atoms with Crippen molar-refractivity contribution in [2.24, 2.45) is 0 Å². The molecule has 0 aromatic heterocycles. The van der Waals surface area contributed by atoms with Crippen LogP contribution in [-0.2, 0) is 27.3 Å². The van der Waals surface area contributed by atoms with E-state index < -0.39 is 28.8 Å². The van der Waals surface area contributed by atoms with E-state index in [0.717, 1.165) is 16.7 Å². The molecule has 1 heterocycles. The minimum absolute atomic E-state index is 0.0460. The first-order valence-corrected chi connectivity index (χ1v) is 15.9. The highest BCUT2D eigenvalue weighted by atomic mass is 32.2. The number of amides is 3. The highest BCUT2D eigenvalue weighted by Gasteiger charge is 2.49. The van der Waals surface area contributed by atoms with Crippen molar-refractivity contribution >= 4 is 35.3 Å². The largest absolute Gasteiger partial charge is 0.381 e. The van der Waals surface area contributed by atoms with E-state index in [0.29, 0.717) is 18.5 Å². The molecule has 4 rings (SSSR count). The van der Waals surface area contributed by atoms with E-state index in [9.17, 15) is 24.3 Å². The van der Waals surface area contributed by atoms with Gasteiger partial charge in [-0.3, -0.25) is 19.2 Å². The fraction of sp³-hybridized carbons (Fsp3) is 0.371. The van der Waals surface area contributed by atoms with Crippen LogP contribution in [0.2, 0.25) is 0 Å². The van der Waals surface area contributed by atoms with Crippen LogP contribution in [0.3, 0.4) is 0 Å². The highest BCUT2D eigenvalue weighted by Crippen LogP contribution is 2.40. The Bertz CT molecular complexity index is 1450. The normalized spacial score (nSPS) is 17.0. The minimum atomic E-state index is -1.58. The van der Waals surface area contributed by atoms with E-state index >= 15 is 0 Å². The number of hydrogen-bond donors (Lipinski definition) is 3. The van der Waals surface area contributed by atoms with Gasteiger partial charge in [0.2, 0.25) is 11.8 Å². The summed E-state index contributed by atoms with van der Waals surface area (Å²) in [5, 5.41) is 17.3. The van der Waals surface area contributed by atoms with Gasteiger partial charge in [-0.2, -0.15) is 0 Å². The Hall–Kier alpha value is -3.95. The number of aryl methyl sites for hydroxylation is 1. The van der Waals surface area contributed by atoms with E-state index in [4.69, 9.17) is 0 Å². The first kappa shape index (κ1) is 33.0. The lowest BCUT2D eigenvalue weighted by Crippen LogP contribution is -2.58. The molecule has 3 N–H and O–H groups in total. The quantitative estimate of drug-likeness (QED) is 0.245. The molecule has 0 saturated carbocycles. The number of aliphatic hydroxyl groups is 1. The zero-order valence-electron chi connectivity index (χ0n) is 25.5. The van der Waals surface area contributed by atoms with Gasteiger partial charge in [-0.15, -0.1) is 11.8 Å². The summed E-state index contributed by atoms with van der Waals surface area (Å²) in [6.45, 7) is 6.13. The maximum Gasteiger partial charge on any atom is 0.254 e. The maximum atomic E-state index is 13.8. The van der Waals surface area contributed by atoms with Crippen molar-refractivity contribution in [1.29, 1.82) is 0 Å². The van der Waals surface area contributed by atoms with Gasteiger partial charge in [0.25, 0.3) is 5.91 Å². The SMILES string of the molecule is Cc1ccccc1CNC(=O)[C@H]1N(C(=O)[C@@H](O)[C@H](Cc2ccccc2)NC(=O)CCCC(=O)c2ccccc2)CSC1(C)C. The van der Waals surface area contributed by atoms with Crippen LogP contribution in [0.4, 0.5) is 0 Å². The molecule has 0 aliphatic carbocycles. The van der Waals surface area contributed by atoms with Crippen molar-refractivity contribution in [3.05, 3.63) is 107 Å². The number of carbonyl (C=O) groups excluding carboxylic acids is 4. The monoisotopic (exact) mass is 615 g/mol. The van der Waals surface area contributed by atoms with Gasteiger partial charge in [-0.05, 0) is 50.3 Å². The summed E-state index contributed by atoms with van der Waals surface area (Å²) in [6.07, 6.45) is -0.743. The highest BCUT2D eigenvalue weighted by molar-refractivity contribution is 8.00. The van der Waals surface area contributed by atoms with Crippen molar-refractivity contribution in [3.63, 3.8) is 0 Å². The summed E-state index contributed by atoms with van der Waals surface area (Å²) in [6, 6.07) is 24.3. The average molecular weight is 616 g/mol. The van der Waals surface area contributed by atoms with Crippen LogP contribution < -0.4 is 10.6 Å². The lowest BCUT2D eigenvalue weighted by atomic mass is 9.96. The summed E-state index contributed by atoms with van der Waals surface area (Å²) < 4.78 is -0.589. The molecule has 232 valence electrons. The first-order chi connectivity index (χ1) is 21.1. The Balaban J connectivity index is 1.44. The average Bonchev–Trinajstić information content (AvgIpc) is 3.35. The summed E-state index contributed by atoms with van der Waals surface area (Å²) in [5.41, 5.74) is 3.48. The number of rotatable bonds is 13. The number of benzene rings is 3. The predicted molar refractivity (Wildman–Crippen MR) is 173 cm³/mol. The second-order valence-electron chi connectivity index (χ2n) is 11.7. The van der Waals surface area contributed by atoms with Crippen LogP contribution in [0.1, 0.15) is 60.2 Å². The predicted octanol–water partition coefficient (Wildman–Crippen LogP) is 4.43. The van der Waals surface area contributed by atoms with Crippen LogP contribution in [0.5, 0.6) is 0 Å². The van der Waals surface area contributed by atoms with Crippen LogP contribution >= 0.6 is 11.8 Å². The molecule has 3 atom stereocenters. The Morgan fingerprint density at radius 3 is 2.25 bits per heavy atom. The van der Waals surface area contributed by atoms with Gasteiger partial charge in [-0.1, -0.05) is 84.9 Å². The van der Waals surface area contributed by atoms with E-state index in [2.05, 4.69) is 10.6 Å². The van der Waals surface area contributed by atoms with Crippen molar-refractivity contribution in [2.75, 3.05) is 5.88 Å².